The van der Waals surface area contributed by atoms with Gasteiger partial charge in [0, 0.05) is 30.0 Å². The van der Waals surface area contributed by atoms with Crippen LogP contribution >= 0.6 is 22.9 Å². The zero-order valence-electron chi connectivity index (χ0n) is 19.4. The molecule has 1 fully saturated rings. The van der Waals surface area contributed by atoms with Crippen LogP contribution in [0.3, 0.4) is 0 Å². The molecular weight excluding hydrogens is 496 g/mol. The predicted molar refractivity (Wildman–Crippen MR) is 133 cm³/mol. The van der Waals surface area contributed by atoms with Crippen LogP contribution in [0.4, 0.5) is 0 Å². The molecule has 1 aromatic heterocycles. The van der Waals surface area contributed by atoms with Crippen molar-refractivity contribution < 1.29 is 23.1 Å². The molecule has 4 rings (SSSR count). The Balaban J connectivity index is 1.47. The minimum atomic E-state index is -3.68. The van der Waals surface area contributed by atoms with Crippen molar-refractivity contribution in [3.8, 4) is 0 Å². The van der Waals surface area contributed by atoms with Crippen LogP contribution in [0.5, 0.6) is 0 Å². The first kappa shape index (κ1) is 25.2. The molecule has 1 aliphatic carbocycles. The Hall–Kier alpha value is -1.94. The topological polar surface area (TPSA) is 104 Å². The molecule has 0 saturated heterocycles. The zero-order chi connectivity index (χ0) is 24.9. The van der Waals surface area contributed by atoms with Crippen molar-refractivity contribution in [2.45, 2.75) is 62.2 Å². The number of aliphatic hydroxyl groups excluding tert-OH is 1. The zero-order valence-corrected chi connectivity index (χ0v) is 21.8. The predicted octanol–water partition coefficient (Wildman–Crippen LogP) is 3.44. The summed E-state index contributed by atoms with van der Waals surface area (Å²) in [6.45, 7) is 5.37. The number of thiophene rings is 1. The normalized spacial score (nSPS) is 18.4. The fraction of sp³-hybridized carbons (Fsp3) is 0.500. The van der Waals surface area contributed by atoms with Gasteiger partial charge in [0.25, 0.3) is 11.8 Å². The average molecular weight is 525 g/mol. The average Bonchev–Trinajstić information content (AvgIpc) is 3.45. The van der Waals surface area contributed by atoms with Crippen molar-refractivity contribution in [3.63, 3.8) is 0 Å². The lowest BCUT2D eigenvalue weighted by Crippen LogP contribution is -2.53. The number of benzene rings is 1. The number of aliphatic hydroxyl groups is 1. The molecule has 0 radical (unpaired) electrons. The maximum atomic E-state index is 13.3. The molecule has 1 atom stereocenters. The number of rotatable bonds is 8. The van der Waals surface area contributed by atoms with Crippen LogP contribution < -0.4 is 5.32 Å². The number of nitrogens with zero attached hydrogens (tertiary/aromatic N) is 1. The lowest BCUT2D eigenvalue weighted by atomic mass is 10.0. The highest BCUT2D eigenvalue weighted by atomic mass is 35.5. The van der Waals surface area contributed by atoms with E-state index in [4.69, 9.17) is 11.6 Å². The van der Waals surface area contributed by atoms with Crippen molar-refractivity contribution in [2.75, 3.05) is 13.1 Å². The van der Waals surface area contributed by atoms with E-state index >= 15 is 0 Å². The molecule has 2 N–H and O–H groups in total. The van der Waals surface area contributed by atoms with E-state index in [1.54, 1.807) is 22.4 Å². The van der Waals surface area contributed by atoms with Gasteiger partial charge in [0.15, 0.2) is 9.84 Å². The Morgan fingerprint density at radius 3 is 2.53 bits per heavy atom. The summed E-state index contributed by atoms with van der Waals surface area (Å²) in [5, 5.41) is 15.3. The number of nitrogens with one attached hydrogen (secondary N) is 1. The smallest absolute Gasteiger partial charge is 0.264 e. The van der Waals surface area contributed by atoms with Gasteiger partial charge < -0.3 is 15.3 Å². The minimum Gasteiger partial charge on any atom is -0.392 e. The van der Waals surface area contributed by atoms with E-state index in [9.17, 15) is 23.1 Å². The van der Waals surface area contributed by atoms with Crippen molar-refractivity contribution >= 4 is 44.6 Å². The Bertz CT molecular complexity index is 1210. The van der Waals surface area contributed by atoms with Crippen molar-refractivity contribution in [2.24, 2.45) is 0 Å². The van der Waals surface area contributed by atoms with Gasteiger partial charge in [0.1, 0.15) is 0 Å². The summed E-state index contributed by atoms with van der Waals surface area (Å²) in [7, 11) is -3.68. The number of fused-ring (bicyclic) bond motifs is 1. The molecule has 0 bridgehead atoms. The molecule has 10 heteroatoms. The fourth-order valence-corrected chi connectivity index (χ4v) is 8.03. The third-order valence-corrected chi connectivity index (χ3v) is 11.8. The van der Waals surface area contributed by atoms with Gasteiger partial charge in [0.05, 0.1) is 26.0 Å². The molecule has 0 unspecified atom stereocenters. The van der Waals surface area contributed by atoms with Gasteiger partial charge in [0.2, 0.25) is 0 Å². The number of hydrogen-bond acceptors (Lipinski definition) is 6. The van der Waals surface area contributed by atoms with E-state index in [1.165, 1.54) is 32.1 Å². The number of carbonyl (C=O) groups is 2. The molecule has 7 nitrogen and oxygen atoms in total. The highest BCUT2D eigenvalue weighted by Crippen LogP contribution is 2.50. The van der Waals surface area contributed by atoms with Gasteiger partial charge in [-0.3, -0.25) is 9.59 Å². The van der Waals surface area contributed by atoms with Crippen LogP contribution in [-0.2, 0) is 22.8 Å². The summed E-state index contributed by atoms with van der Waals surface area (Å²) in [5.41, 5.74) is 2.13. The van der Waals surface area contributed by atoms with Gasteiger partial charge in [-0.15, -0.1) is 11.3 Å². The van der Waals surface area contributed by atoms with E-state index in [-0.39, 0.29) is 18.4 Å². The lowest BCUT2D eigenvalue weighted by Gasteiger charge is -2.36. The molecule has 2 aliphatic rings. The highest BCUT2D eigenvalue weighted by molar-refractivity contribution is 7.94. The first-order chi connectivity index (χ1) is 15.9. The molecule has 184 valence electrons. The second kappa shape index (κ2) is 8.93. The van der Waals surface area contributed by atoms with Crippen LogP contribution in [0.15, 0.2) is 29.6 Å². The highest BCUT2D eigenvalue weighted by Gasteiger charge is 2.62. The third-order valence-electron chi connectivity index (χ3n) is 7.17. The van der Waals surface area contributed by atoms with Gasteiger partial charge in [-0.05, 0) is 63.3 Å². The van der Waals surface area contributed by atoms with Crippen LogP contribution in [0.25, 0.3) is 0 Å². The first-order valence-electron chi connectivity index (χ1n) is 11.2. The molecular formula is C24H29ClN2O5S2. The molecule has 34 heavy (non-hydrogen) atoms. The molecule has 2 aromatic rings. The van der Waals surface area contributed by atoms with Crippen LogP contribution in [0.2, 0.25) is 5.02 Å². The SMILES string of the molecule is C[C@@H](O)C(C)(C)S(=O)(=O)C1(CN2CCc3c(C(=O)NCc4ccc(Cl)cc4)csc3C2=O)CC1. The quantitative estimate of drug-likeness (QED) is 0.550. The second-order valence-electron chi connectivity index (χ2n) is 9.71. The Kier molecular flexibility index (Phi) is 6.61. The third kappa shape index (κ3) is 4.27. The van der Waals surface area contributed by atoms with E-state index < -0.39 is 25.4 Å². The summed E-state index contributed by atoms with van der Waals surface area (Å²) in [5.74, 6) is -0.479. The van der Waals surface area contributed by atoms with Crippen molar-refractivity contribution in [1.29, 1.82) is 0 Å². The van der Waals surface area contributed by atoms with Crippen molar-refractivity contribution in [3.05, 3.63) is 56.2 Å². The molecule has 1 saturated carbocycles. The Morgan fingerprint density at radius 1 is 1.29 bits per heavy atom. The van der Waals surface area contributed by atoms with Crippen LogP contribution in [-0.4, -0.2) is 58.9 Å². The molecule has 2 heterocycles. The summed E-state index contributed by atoms with van der Waals surface area (Å²) >= 11 is 7.12. The fourth-order valence-electron chi connectivity index (χ4n) is 4.30. The van der Waals surface area contributed by atoms with E-state index in [1.807, 2.05) is 12.1 Å². The van der Waals surface area contributed by atoms with Gasteiger partial charge in [-0.1, -0.05) is 23.7 Å². The van der Waals surface area contributed by atoms with Gasteiger partial charge in [-0.2, -0.15) is 0 Å². The Morgan fingerprint density at radius 2 is 1.94 bits per heavy atom. The molecule has 0 spiro atoms. The number of halogens is 1. The number of hydrogen-bond donors (Lipinski definition) is 2. The lowest BCUT2D eigenvalue weighted by molar-refractivity contribution is 0.0741. The number of sulfone groups is 1. The second-order valence-corrected chi connectivity index (χ2v) is 13.9. The van der Waals surface area contributed by atoms with Crippen LogP contribution in [0, 0.1) is 0 Å². The Labute approximate surface area is 209 Å². The molecule has 1 aliphatic heterocycles. The monoisotopic (exact) mass is 524 g/mol. The summed E-state index contributed by atoms with van der Waals surface area (Å²) < 4.78 is 24.4. The number of amides is 2. The van der Waals surface area contributed by atoms with E-state index in [0.717, 1.165) is 11.1 Å². The summed E-state index contributed by atoms with van der Waals surface area (Å²) in [6, 6.07) is 7.21. The molecule has 2 amide bonds. The van der Waals surface area contributed by atoms with Crippen LogP contribution in [0.1, 0.15) is 64.8 Å². The maximum Gasteiger partial charge on any atom is 0.264 e. The summed E-state index contributed by atoms with van der Waals surface area (Å²) in [6.07, 6.45) is 0.421. The van der Waals surface area contributed by atoms with E-state index in [0.29, 0.717) is 47.8 Å². The van der Waals surface area contributed by atoms with Gasteiger partial charge >= 0.3 is 0 Å². The standard InChI is InChI=1S/C24H29ClN2O5S2/c1-15(28)23(2,3)34(31,32)24(9-10-24)14-27-11-8-18-19(13-33-20(18)22(27)30)21(29)26-12-16-4-6-17(25)7-5-16/h4-7,13,15,28H,8-12,14H2,1-3H3,(H,26,29)/t15-/m1/s1. The van der Waals surface area contributed by atoms with Gasteiger partial charge in [-0.25, -0.2) is 8.42 Å². The van der Waals surface area contributed by atoms with Crippen molar-refractivity contribution in [1.82, 2.24) is 10.2 Å². The first-order valence-corrected chi connectivity index (χ1v) is 14.0. The maximum absolute atomic E-state index is 13.3. The number of carbonyl (C=O) groups excluding carboxylic acids is 2. The largest absolute Gasteiger partial charge is 0.392 e. The minimum absolute atomic E-state index is 0.111. The molecule has 1 aromatic carbocycles. The summed E-state index contributed by atoms with van der Waals surface area (Å²) in [4.78, 5) is 28.1. The van der Waals surface area contributed by atoms with E-state index in [2.05, 4.69) is 5.32 Å².